The molecule has 2 heterocycles. The first-order chi connectivity index (χ1) is 11.1. The number of aromatic nitrogens is 2. The molecule has 1 aromatic heterocycles. The van der Waals surface area contributed by atoms with E-state index in [-0.39, 0.29) is 5.56 Å². The van der Waals surface area contributed by atoms with Gasteiger partial charge in [-0.25, -0.2) is 4.98 Å². The van der Waals surface area contributed by atoms with E-state index in [9.17, 15) is 4.79 Å². The number of nitrogens with zero attached hydrogens (tertiary/aromatic N) is 2. The van der Waals surface area contributed by atoms with Crippen LogP contribution < -0.4 is 5.56 Å². The molecule has 0 bridgehead atoms. The van der Waals surface area contributed by atoms with Crippen LogP contribution in [0.1, 0.15) is 17.8 Å². The fraction of sp³-hybridized carbons (Fsp3) is 0.111. The number of hydrogen-bond acceptors (Lipinski definition) is 2. The molecule has 0 atom stereocenters. The van der Waals surface area contributed by atoms with Crippen molar-refractivity contribution >= 4 is 50.1 Å². The molecule has 0 saturated carbocycles. The summed E-state index contributed by atoms with van der Waals surface area (Å²) in [7, 11) is 0. The molecule has 0 amide bonds. The molecule has 5 heteroatoms. The quantitative estimate of drug-likeness (QED) is 0.603. The zero-order valence-electron chi connectivity index (χ0n) is 12.1. The molecule has 2 aromatic carbocycles. The number of benzene rings is 2. The van der Waals surface area contributed by atoms with Gasteiger partial charge in [-0.05, 0) is 47.9 Å². The first-order valence-electron chi connectivity index (χ1n) is 7.29. The fourth-order valence-corrected chi connectivity index (χ4v) is 3.48. The van der Waals surface area contributed by atoms with Gasteiger partial charge in [-0.15, -0.1) is 0 Å². The van der Waals surface area contributed by atoms with E-state index >= 15 is 0 Å². The molecule has 1 aliphatic heterocycles. The lowest BCUT2D eigenvalue weighted by Gasteiger charge is -2.06. The minimum Gasteiger partial charge on any atom is -0.292 e. The molecule has 0 saturated heterocycles. The summed E-state index contributed by atoms with van der Waals surface area (Å²) in [5.74, 6) is 0.751. The van der Waals surface area contributed by atoms with E-state index in [1.54, 1.807) is 22.8 Å². The molecule has 1 aliphatic rings. The Balaban J connectivity index is 1.93. The molecule has 4 rings (SSSR count). The average molecular weight is 388 g/mol. The Kier molecular flexibility index (Phi) is 3.58. The molecule has 3 nitrogen and oxygen atoms in total. The van der Waals surface area contributed by atoms with Crippen molar-refractivity contribution in [1.29, 1.82) is 0 Å². The van der Waals surface area contributed by atoms with Crippen LogP contribution in [-0.4, -0.2) is 9.55 Å². The van der Waals surface area contributed by atoms with Crippen LogP contribution in [-0.2, 0) is 6.54 Å². The van der Waals surface area contributed by atoms with Gasteiger partial charge in [-0.3, -0.25) is 9.36 Å². The van der Waals surface area contributed by atoms with Crippen molar-refractivity contribution in [3.05, 3.63) is 73.7 Å². The highest BCUT2D eigenvalue weighted by Gasteiger charge is 2.21. The number of hydrogen-bond donors (Lipinski definition) is 0. The smallest absolute Gasteiger partial charge is 0.261 e. The van der Waals surface area contributed by atoms with E-state index in [4.69, 9.17) is 11.6 Å². The largest absolute Gasteiger partial charge is 0.292 e. The predicted octanol–water partition coefficient (Wildman–Crippen LogP) is 4.76. The van der Waals surface area contributed by atoms with Gasteiger partial charge in [0, 0.05) is 16.0 Å². The van der Waals surface area contributed by atoms with Crippen molar-refractivity contribution in [3.63, 3.8) is 0 Å². The SMILES string of the molecule is O=c1c2cc(Cl)ccc2nc2n1CC/C2=C/c1ccccc1Br. The van der Waals surface area contributed by atoms with Crippen LogP contribution >= 0.6 is 27.5 Å². The van der Waals surface area contributed by atoms with Crippen LogP contribution in [0, 0.1) is 0 Å². The van der Waals surface area contributed by atoms with Gasteiger partial charge in [0.1, 0.15) is 5.82 Å². The topological polar surface area (TPSA) is 34.9 Å². The Morgan fingerprint density at radius 1 is 1.22 bits per heavy atom. The Hall–Kier alpha value is -1.91. The molecule has 23 heavy (non-hydrogen) atoms. The summed E-state index contributed by atoms with van der Waals surface area (Å²) >= 11 is 9.56. The van der Waals surface area contributed by atoms with E-state index in [1.165, 1.54) is 0 Å². The fourth-order valence-electron chi connectivity index (χ4n) is 2.91. The van der Waals surface area contributed by atoms with Crippen LogP contribution in [0.25, 0.3) is 22.6 Å². The summed E-state index contributed by atoms with van der Waals surface area (Å²) in [6.07, 6.45) is 2.89. The van der Waals surface area contributed by atoms with Gasteiger partial charge in [0.15, 0.2) is 0 Å². The lowest BCUT2D eigenvalue weighted by atomic mass is 10.1. The van der Waals surface area contributed by atoms with Gasteiger partial charge < -0.3 is 0 Å². The molecule has 0 spiro atoms. The summed E-state index contributed by atoms with van der Waals surface area (Å²) in [6, 6.07) is 13.3. The molecular formula is C18H12BrClN2O. The standard InChI is InChI=1S/C18H12BrClN2O/c19-15-4-2-1-3-11(15)9-12-7-8-22-17(12)21-16-6-5-13(20)10-14(16)18(22)23/h1-6,9-10H,7-8H2/b12-9-. The minimum absolute atomic E-state index is 0.0250. The molecule has 3 aromatic rings. The van der Waals surface area contributed by atoms with E-state index in [2.05, 4.69) is 27.0 Å². The number of allylic oxidation sites excluding steroid dienone is 1. The summed E-state index contributed by atoms with van der Waals surface area (Å²) in [4.78, 5) is 17.4. The first kappa shape index (κ1) is 14.7. The zero-order valence-corrected chi connectivity index (χ0v) is 14.4. The van der Waals surface area contributed by atoms with Gasteiger partial charge in [-0.2, -0.15) is 0 Å². The third kappa shape index (κ3) is 2.52. The zero-order chi connectivity index (χ0) is 16.0. The molecule has 0 N–H and O–H groups in total. The predicted molar refractivity (Wildman–Crippen MR) is 97.6 cm³/mol. The maximum atomic E-state index is 12.7. The number of rotatable bonds is 1. The van der Waals surface area contributed by atoms with E-state index in [0.29, 0.717) is 22.5 Å². The third-order valence-electron chi connectivity index (χ3n) is 4.04. The highest BCUT2D eigenvalue weighted by molar-refractivity contribution is 9.10. The summed E-state index contributed by atoms with van der Waals surface area (Å²) < 4.78 is 2.77. The van der Waals surface area contributed by atoms with Crippen molar-refractivity contribution in [2.45, 2.75) is 13.0 Å². The minimum atomic E-state index is -0.0250. The lowest BCUT2D eigenvalue weighted by Crippen LogP contribution is -2.20. The number of halogens is 2. The summed E-state index contributed by atoms with van der Waals surface area (Å²) in [5, 5.41) is 1.13. The molecule has 114 valence electrons. The second-order valence-electron chi connectivity index (χ2n) is 5.49. The van der Waals surface area contributed by atoms with Gasteiger partial charge >= 0.3 is 0 Å². The van der Waals surface area contributed by atoms with E-state index in [1.807, 2.05) is 24.3 Å². The maximum Gasteiger partial charge on any atom is 0.261 e. The average Bonchev–Trinajstić information content (AvgIpc) is 2.94. The number of fused-ring (bicyclic) bond motifs is 2. The Labute approximate surface area is 146 Å². The Morgan fingerprint density at radius 2 is 2.04 bits per heavy atom. The highest BCUT2D eigenvalue weighted by Crippen LogP contribution is 2.29. The summed E-state index contributed by atoms with van der Waals surface area (Å²) in [5.41, 5.74) is 2.82. The Bertz CT molecular complexity index is 1020. The second kappa shape index (κ2) is 5.62. The highest BCUT2D eigenvalue weighted by atomic mass is 79.9. The summed E-state index contributed by atoms with van der Waals surface area (Å²) in [6.45, 7) is 0.653. The molecule has 0 aliphatic carbocycles. The van der Waals surface area contributed by atoms with Crippen molar-refractivity contribution in [3.8, 4) is 0 Å². The van der Waals surface area contributed by atoms with Crippen molar-refractivity contribution in [2.75, 3.05) is 0 Å². The van der Waals surface area contributed by atoms with Crippen molar-refractivity contribution < 1.29 is 0 Å². The molecule has 0 fully saturated rings. The molecular weight excluding hydrogens is 376 g/mol. The third-order valence-corrected chi connectivity index (χ3v) is 5.00. The monoisotopic (exact) mass is 386 g/mol. The first-order valence-corrected chi connectivity index (χ1v) is 8.46. The lowest BCUT2D eigenvalue weighted by molar-refractivity contribution is 0.725. The molecule has 0 unspecified atom stereocenters. The van der Waals surface area contributed by atoms with Crippen LogP contribution in [0.3, 0.4) is 0 Å². The van der Waals surface area contributed by atoms with Gasteiger partial charge in [-0.1, -0.05) is 45.7 Å². The van der Waals surface area contributed by atoms with Gasteiger partial charge in [0.2, 0.25) is 0 Å². The van der Waals surface area contributed by atoms with Crippen LogP contribution in [0.5, 0.6) is 0 Å². The van der Waals surface area contributed by atoms with Crippen LogP contribution in [0.4, 0.5) is 0 Å². The van der Waals surface area contributed by atoms with Crippen molar-refractivity contribution in [1.82, 2.24) is 9.55 Å². The van der Waals surface area contributed by atoms with Crippen LogP contribution in [0.15, 0.2) is 51.7 Å². The van der Waals surface area contributed by atoms with Crippen LogP contribution in [0.2, 0.25) is 5.02 Å². The maximum absolute atomic E-state index is 12.7. The normalized spacial score (nSPS) is 15.3. The second-order valence-corrected chi connectivity index (χ2v) is 6.79. The molecule has 0 radical (unpaired) electrons. The van der Waals surface area contributed by atoms with E-state index < -0.39 is 0 Å². The van der Waals surface area contributed by atoms with Gasteiger partial charge in [0.05, 0.1) is 10.9 Å². The van der Waals surface area contributed by atoms with Crippen molar-refractivity contribution in [2.24, 2.45) is 0 Å². The Morgan fingerprint density at radius 3 is 2.87 bits per heavy atom. The van der Waals surface area contributed by atoms with Gasteiger partial charge in [0.25, 0.3) is 5.56 Å². The van der Waals surface area contributed by atoms with E-state index in [0.717, 1.165) is 27.9 Å².